The highest BCUT2D eigenvalue weighted by Gasteiger charge is 2.11. The number of ether oxygens (including phenoxy) is 2. The zero-order valence-corrected chi connectivity index (χ0v) is 12.1. The van der Waals surface area contributed by atoms with Crippen LogP contribution >= 0.6 is 11.8 Å². The predicted molar refractivity (Wildman–Crippen MR) is 73.3 cm³/mol. The van der Waals surface area contributed by atoms with E-state index < -0.39 is 0 Å². The molecule has 0 N–H and O–H groups in total. The molecule has 3 nitrogen and oxygen atoms in total. The molecule has 0 bridgehead atoms. The van der Waals surface area contributed by atoms with Crippen LogP contribution in [0.3, 0.4) is 0 Å². The molecule has 0 heterocycles. The summed E-state index contributed by atoms with van der Waals surface area (Å²) < 4.78 is 10.8. The van der Waals surface area contributed by atoms with E-state index in [4.69, 9.17) is 9.47 Å². The Morgan fingerprint density at radius 2 is 1.82 bits per heavy atom. The SMILES string of the molecule is CCN(C)Cc1cc(OC)c(SC)cc1OC. The van der Waals surface area contributed by atoms with Crippen molar-refractivity contribution in [1.29, 1.82) is 0 Å². The van der Waals surface area contributed by atoms with Gasteiger partial charge in [-0.2, -0.15) is 0 Å². The summed E-state index contributed by atoms with van der Waals surface area (Å²) in [5.74, 6) is 1.84. The standard InChI is InChI=1S/C13H21NO2S/c1-6-14(2)9-10-7-12(16-4)13(17-5)8-11(10)15-3/h7-8H,6,9H2,1-5H3. The molecule has 0 amide bonds. The molecule has 0 atom stereocenters. The topological polar surface area (TPSA) is 21.7 Å². The molecule has 1 aromatic carbocycles. The van der Waals surface area contributed by atoms with E-state index in [1.165, 1.54) is 0 Å². The lowest BCUT2D eigenvalue weighted by atomic mass is 10.1. The van der Waals surface area contributed by atoms with Crippen molar-refractivity contribution in [1.82, 2.24) is 4.90 Å². The fourth-order valence-corrected chi connectivity index (χ4v) is 2.19. The molecule has 0 radical (unpaired) electrons. The van der Waals surface area contributed by atoms with Gasteiger partial charge in [-0.15, -0.1) is 11.8 Å². The van der Waals surface area contributed by atoms with Crippen LogP contribution in [-0.2, 0) is 6.54 Å². The highest BCUT2D eigenvalue weighted by atomic mass is 32.2. The normalized spacial score (nSPS) is 10.7. The summed E-state index contributed by atoms with van der Waals surface area (Å²) in [7, 11) is 5.50. The summed E-state index contributed by atoms with van der Waals surface area (Å²) in [6.45, 7) is 4.01. The average Bonchev–Trinajstić information content (AvgIpc) is 2.37. The van der Waals surface area contributed by atoms with E-state index in [2.05, 4.69) is 24.9 Å². The maximum Gasteiger partial charge on any atom is 0.132 e. The second-order valence-corrected chi connectivity index (χ2v) is 4.70. The third-order valence-corrected chi connectivity index (χ3v) is 3.53. The van der Waals surface area contributed by atoms with Gasteiger partial charge in [0.15, 0.2) is 0 Å². The summed E-state index contributed by atoms with van der Waals surface area (Å²) in [4.78, 5) is 3.34. The van der Waals surface area contributed by atoms with Crippen LogP contribution in [0.15, 0.2) is 17.0 Å². The zero-order chi connectivity index (χ0) is 12.8. The van der Waals surface area contributed by atoms with Crippen LogP contribution in [0.1, 0.15) is 12.5 Å². The van der Waals surface area contributed by atoms with E-state index >= 15 is 0 Å². The molecule has 0 saturated heterocycles. The van der Waals surface area contributed by atoms with Gasteiger partial charge in [-0.05, 0) is 32.0 Å². The quantitative estimate of drug-likeness (QED) is 0.729. The number of thioether (sulfide) groups is 1. The first kappa shape index (κ1) is 14.2. The lowest BCUT2D eigenvalue weighted by molar-refractivity contribution is 0.330. The predicted octanol–water partition coefficient (Wildman–Crippen LogP) is 2.88. The summed E-state index contributed by atoms with van der Waals surface area (Å²) >= 11 is 1.66. The van der Waals surface area contributed by atoms with Crippen molar-refractivity contribution in [3.05, 3.63) is 17.7 Å². The van der Waals surface area contributed by atoms with Crippen LogP contribution in [0.4, 0.5) is 0 Å². The van der Waals surface area contributed by atoms with E-state index in [9.17, 15) is 0 Å². The summed E-state index contributed by atoms with van der Waals surface area (Å²) in [5, 5.41) is 0. The molecule has 0 spiro atoms. The Morgan fingerprint density at radius 3 is 2.29 bits per heavy atom. The van der Waals surface area contributed by atoms with Crippen LogP contribution in [0.2, 0.25) is 0 Å². The van der Waals surface area contributed by atoms with E-state index in [1.54, 1.807) is 26.0 Å². The lowest BCUT2D eigenvalue weighted by Crippen LogP contribution is -2.17. The van der Waals surface area contributed by atoms with E-state index in [0.717, 1.165) is 35.0 Å². The molecule has 0 fully saturated rings. The Labute approximate surface area is 108 Å². The summed E-state index contributed by atoms with van der Waals surface area (Å²) in [6.07, 6.45) is 2.04. The van der Waals surface area contributed by atoms with Crippen LogP contribution in [0.25, 0.3) is 0 Å². The van der Waals surface area contributed by atoms with Crippen molar-refractivity contribution in [3.8, 4) is 11.5 Å². The van der Waals surface area contributed by atoms with Gasteiger partial charge < -0.3 is 14.4 Å². The smallest absolute Gasteiger partial charge is 0.132 e. The number of hydrogen-bond acceptors (Lipinski definition) is 4. The largest absolute Gasteiger partial charge is 0.496 e. The number of hydrogen-bond donors (Lipinski definition) is 0. The van der Waals surface area contributed by atoms with Crippen molar-refractivity contribution in [2.24, 2.45) is 0 Å². The molecule has 1 aromatic rings. The molecule has 0 saturated carbocycles. The van der Waals surface area contributed by atoms with Gasteiger partial charge in [0, 0.05) is 12.1 Å². The fourth-order valence-electron chi connectivity index (χ4n) is 1.62. The molecule has 1 rings (SSSR count). The second-order valence-electron chi connectivity index (χ2n) is 3.85. The van der Waals surface area contributed by atoms with E-state index in [0.29, 0.717) is 0 Å². The van der Waals surface area contributed by atoms with Gasteiger partial charge in [0.05, 0.1) is 19.1 Å². The third kappa shape index (κ3) is 3.54. The van der Waals surface area contributed by atoms with Crippen molar-refractivity contribution in [3.63, 3.8) is 0 Å². The minimum atomic E-state index is 0.866. The van der Waals surface area contributed by atoms with Gasteiger partial charge in [0.25, 0.3) is 0 Å². The molecule has 0 aliphatic rings. The Bertz CT molecular complexity index is 369. The fraction of sp³-hybridized carbons (Fsp3) is 0.538. The first-order valence-electron chi connectivity index (χ1n) is 5.63. The molecule has 4 heteroatoms. The Balaban J connectivity index is 3.09. The maximum atomic E-state index is 5.44. The molecule has 17 heavy (non-hydrogen) atoms. The summed E-state index contributed by atoms with van der Waals surface area (Å²) in [5.41, 5.74) is 1.16. The monoisotopic (exact) mass is 255 g/mol. The van der Waals surface area contributed by atoms with Crippen molar-refractivity contribution >= 4 is 11.8 Å². The van der Waals surface area contributed by atoms with E-state index in [-0.39, 0.29) is 0 Å². The second kappa shape index (κ2) is 6.77. The number of rotatable bonds is 6. The van der Waals surface area contributed by atoms with Gasteiger partial charge in [-0.1, -0.05) is 6.92 Å². The van der Waals surface area contributed by atoms with Crippen LogP contribution < -0.4 is 9.47 Å². The molecular formula is C13H21NO2S. The van der Waals surface area contributed by atoms with Gasteiger partial charge in [-0.25, -0.2) is 0 Å². The maximum absolute atomic E-state index is 5.44. The first-order valence-corrected chi connectivity index (χ1v) is 6.86. The Hall–Kier alpha value is -0.870. The van der Waals surface area contributed by atoms with Gasteiger partial charge in [0.1, 0.15) is 11.5 Å². The molecule has 0 aromatic heterocycles. The molecule has 0 aliphatic heterocycles. The summed E-state index contributed by atoms with van der Waals surface area (Å²) in [6, 6.07) is 4.11. The van der Waals surface area contributed by atoms with Gasteiger partial charge in [0.2, 0.25) is 0 Å². The molecule has 96 valence electrons. The van der Waals surface area contributed by atoms with Crippen molar-refractivity contribution < 1.29 is 9.47 Å². The van der Waals surface area contributed by atoms with Crippen molar-refractivity contribution in [2.75, 3.05) is 34.1 Å². The molecule has 0 aliphatic carbocycles. The lowest BCUT2D eigenvalue weighted by Gasteiger charge is -2.18. The highest BCUT2D eigenvalue weighted by Crippen LogP contribution is 2.34. The number of benzene rings is 1. The van der Waals surface area contributed by atoms with Crippen molar-refractivity contribution in [2.45, 2.75) is 18.4 Å². The molecule has 0 unspecified atom stereocenters. The zero-order valence-electron chi connectivity index (χ0n) is 11.2. The van der Waals surface area contributed by atoms with Gasteiger partial charge in [-0.3, -0.25) is 0 Å². The van der Waals surface area contributed by atoms with Crippen LogP contribution in [0, 0.1) is 0 Å². The van der Waals surface area contributed by atoms with Crippen LogP contribution in [-0.4, -0.2) is 39.0 Å². The Kier molecular flexibility index (Phi) is 5.65. The number of methoxy groups -OCH3 is 2. The minimum absolute atomic E-state index is 0.866. The first-order chi connectivity index (χ1) is 8.15. The number of nitrogens with zero attached hydrogens (tertiary/aromatic N) is 1. The third-order valence-electron chi connectivity index (χ3n) is 2.77. The molecular weight excluding hydrogens is 234 g/mol. The van der Waals surface area contributed by atoms with E-state index in [1.807, 2.05) is 12.3 Å². The van der Waals surface area contributed by atoms with Crippen LogP contribution in [0.5, 0.6) is 11.5 Å². The average molecular weight is 255 g/mol. The highest BCUT2D eigenvalue weighted by molar-refractivity contribution is 7.98. The Morgan fingerprint density at radius 1 is 1.18 bits per heavy atom. The minimum Gasteiger partial charge on any atom is -0.496 e. The van der Waals surface area contributed by atoms with Gasteiger partial charge >= 0.3 is 0 Å².